The van der Waals surface area contributed by atoms with Crippen LogP contribution >= 0.6 is 11.3 Å². The number of anilines is 1. The highest BCUT2D eigenvalue weighted by atomic mass is 32.1. The molecular weight excluding hydrogens is 316 g/mol. The zero-order valence-corrected chi connectivity index (χ0v) is 13.6. The molecule has 4 aromatic rings. The highest BCUT2D eigenvalue weighted by Gasteiger charge is 2.10. The van der Waals surface area contributed by atoms with E-state index in [4.69, 9.17) is 0 Å². The molecule has 0 saturated carbocycles. The molecule has 24 heavy (non-hydrogen) atoms. The summed E-state index contributed by atoms with van der Waals surface area (Å²) in [6, 6.07) is 21.7. The second-order valence-electron chi connectivity index (χ2n) is 5.42. The summed E-state index contributed by atoms with van der Waals surface area (Å²) in [5.74, 6) is -0.0805. The standard InChI is InChI=1S/C20H14N2OS/c23-20(19-13-16-4-1-2-7-18(16)24-19)22-17-6-3-5-15(12-17)14-8-10-21-11-9-14/h1-13H,(H,22,23). The van der Waals surface area contributed by atoms with E-state index < -0.39 is 0 Å². The molecule has 4 rings (SSSR count). The Morgan fingerprint density at radius 1 is 0.875 bits per heavy atom. The van der Waals surface area contributed by atoms with Crippen molar-refractivity contribution < 1.29 is 4.79 Å². The molecule has 1 amide bonds. The zero-order valence-electron chi connectivity index (χ0n) is 12.8. The summed E-state index contributed by atoms with van der Waals surface area (Å²) >= 11 is 1.50. The Bertz CT molecular complexity index is 975. The molecule has 2 heterocycles. The van der Waals surface area contributed by atoms with Gasteiger partial charge in [-0.2, -0.15) is 0 Å². The zero-order chi connectivity index (χ0) is 16.4. The molecule has 0 saturated heterocycles. The fourth-order valence-electron chi connectivity index (χ4n) is 2.61. The predicted octanol–water partition coefficient (Wildman–Crippen LogP) is 5.22. The van der Waals surface area contributed by atoms with Crippen LogP contribution in [0.1, 0.15) is 9.67 Å². The fourth-order valence-corrected chi connectivity index (χ4v) is 3.57. The number of nitrogens with zero attached hydrogens (tertiary/aromatic N) is 1. The SMILES string of the molecule is O=C(Nc1cccc(-c2ccncc2)c1)c1cc2ccccc2s1. The number of thiophene rings is 1. The van der Waals surface area contributed by atoms with Crippen molar-refractivity contribution in [1.29, 1.82) is 0 Å². The number of rotatable bonds is 3. The first-order valence-corrected chi connectivity index (χ1v) is 8.42. The van der Waals surface area contributed by atoms with Gasteiger partial charge in [-0.3, -0.25) is 9.78 Å². The van der Waals surface area contributed by atoms with Gasteiger partial charge < -0.3 is 5.32 Å². The molecule has 0 spiro atoms. The van der Waals surface area contributed by atoms with Crippen molar-refractivity contribution in [2.24, 2.45) is 0 Å². The molecule has 0 unspecified atom stereocenters. The molecule has 2 aromatic heterocycles. The lowest BCUT2D eigenvalue weighted by Crippen LogP contribution is -2.09. The highest BCUT2D eigenvalue weighted by molar-refractivity contribution is 7.20. The number of fused-ring (bicyclic) bond motifs is 1. The molecule has 4 heteroatoms. The van der Waals surface area contributed by atoms with Crippen LogP contribution in [0.3, 0.4) is 0 Å². The van der Waals surface area contributed by atoms with E-state index in [1.165, 1.54) is 11.3 Å². The van der Waals surface area contributed by atoms with Gasteiger partial charge in [-0.1, -0.05) is 30.3 Å². The van der Waals surface area contributed by atoms with Crippen molar-refractivity contribution >= 4 is 33.0 Å². The number of hydrogen-bond donors (Lipinski definition) is 1. The van der Waals surface area contributed by atoms with E-state index in [9.17, 15) is 4.79 Å². The minimum Gasteiger partial charge on any atom is -0.321 e. The van der Waals surface area contributed by atoms with Crippen LogP contribution in [0.15, 0.2) is 79.1 Å². The number of pyridine rings is 1. The Morgan fingerprint density at radius 3 is 2.54 bits per heavy atom. The Hall–Kier alpha value is -2.98. The maximum absolute atomic E-state index is 12.5. The Balaban J connectivity index is 1.60. The fraction of sp³-hybridized carbons (Fsp3) is 0. The van der Waals surface area contributed by atoms with Gasteiger partial charge in [-0.25, -0.2) is 0 Å². The molecule has 0 aliphatic rings. The summed E-state index contributed by atoms with van der Waals surface area (Å²) < 4.78 is 1.12. The minimum atomic E-state index is -0.0805. The van der Waals surface area contributed by atoms with Crippen LogP contribution in [0.5, 0.6) is 0 Å². The summed E-state index contributed by atoms with van der Waals surface area (Å²) in [5.41, 5.74) is 2.90. The molecule has 1 N–H and O–H groups in total. The monoisotopic (exact) mass is 330 g/mol. The Kier molecular flexibility index (Phi) is 3.81. The number of aromatic nitrogens is 1. The van der Waals surface area contributed by atoms with Crippen LogP contribution in [-0.2, 0) is 0 Å². The quantitative estimate of drug-likeness (QED) is 0.560. The molecule has 2 aromatic carbocycles. The number of amides is 1. The van der Waals surface area contributed by atoms with E-state index >= 15 is 0 Å². The van der Waals surface area contributed by atoms with Gasteiger partial charge in [-0.15, -0.1) is 11.3 Å². The third-order valence-electron chi connectivity index (χ3n) is 3.78. The van der Waals surface area contributed by atoms with Crippen molar-refractivity contribution in [3.63, 3.8) is 0 Å². The maximum atomic E-state index is 12.5. The van der Waals surface area contributed by atoms with E-state index in [-0.39, 0.29) is 5.91 Å². The summed E-state index contributed by atoms with van der Waals surface area (Å²) in [7, 11) is 0. The van der Waals surface area contributed by atoms with Gasteiger partial charge in [0, 0.05) is 22.8 Å². The number of hydrogen-bond acceptors (Lipinski definition) is 3. The molecule has 0 bridgehead atoms. The van der Waals surface area contributed by atoms with Crippen molar-refractivity contribution in [2.45, 2.75) is 0 Å². The largest absolute Gasteiger partial charge is 0.321 e. The van der Waals surface area contributed by atoms with Crippen molar-refractivity contribution in [3.8, 4) is 11.1 Å². The van der Waals surface area contributed by atoms with Gasteiger partial charge in [0.1, 0.15) is 0 Å². The van der Waals surface area contributed by atoms with E-state index in [0.717, 1.165) is 26.9 Å². The maximum Gasteiger partial charge on any atom is 0.265 e. The second-order valence-corrected chi connectivity index (χ2v) is 6.50. The van der Waals surface area contributed by atoms with Crippen LogP contribution in [0, 0.1) is 0 Å². The summed E-state index contributed by atoms with van der Waals surface area (Å²) in [4.78, 5) is 17.3. The van der Waals surface area contributed by atoms with Gasteiger partial charge in [0.05, 0.1) is 4.88 Å². The molecule has 3 nitrogen and oxygen atoms in total. The molecule has 0 atom stereocenters. The number of carbonyl (C=O) groups is 1. The van der Waals surface area contributed by atoms with E-state index in [1.54, 1.807) is 12.4 Å². The second kappa shape index (κ2) is 6.26. The first kappa shape index (κ1) is 14.6. The summed E-state index contributed by atoms with van der Waals surface area (Å²) in [6.45, 7) is 0. The van der Waals surface area contributed by atoms with E-state index in [0.29, 0.717) is 4.88 Å². The first-order valence-electron chi connectivity index (χ1n) is 7.60. The van der Waals surface area contributed by atoms with E-state index in [2.05, 4.69) is 10.3 Å². The number of benzene rings is 2. The molecule has 116 valence electrons. The minimum absolute atomic E-state index is 0.0805. The molecule has 0 radical (unpaired) electrons. The van der Waals surface area contributed by atoms with Crippen LogP contribution in [0.2, 0.25) is 0 Å². The average Bonchev–Trinajstić information content (AvgIpc) is 3.07. The lowest BCUT2D eigenvalue weighted by Gasteiger charge is -2.06. The average molecular weight is 330 g/mol. The lowest BCUT2D eigenvalue weighted by atomic mass is 10.1. The highest BCUT2D eigenvalue weighted by Crippen LogP contribution is 2.27. The third kappa shape index (κ3) is 2.92. The Labute approximate surface area is 143 Å². The van der Waals surface area contributed by atoms with Gasteiger partial charge in [0.15, 0.2) is 0 Å². The molecular formula is C20H14N2OS. The first-order chi connectivity index (χ1) is 11.8. The summed E-state index contributed by atoms with van der Waals surface area (Å²) in [5, 5.41) is 4.08. The number of nitrogens with one attached hydrogen (secondary N) is 1. The van der Waals surface area contributed by atoms with Crippen LogP contribution in [-0.4, -0.2) is 10.9 Å². The topological polar surface area (TPSA) is 42.0 Å². The van der Waals surface area contributed by atoms with Crippen LogP contribution in [0.25, 0.3) is 21.2 Å². The van der Waals surface area contributed by atoms with Crippen molar-refractivity contribution in [1.82, 2.24) is 4.98 Å². The molecule has 0 aliphatic heterocycles. The van der Waals surface area contributed by atoms with Gasteiger partial charge in [0.2, 0.25) is 0 Å². The van der Waals surface area contributed by atoms with Gasteiger partial charge in [-0.05, 0) is 52.9 Å². The summed E-state index contributed by atoms with van der Waals surface area (Å²) in [6.07, 6.45) is 3.52. The molecule has 0 fully saturated rings. The van der Waals surface area contributed by atoms with Crippen LogP contribution < -0.4 is 5.32 Å². The van der Waals surface area contributed by atoms with Gasteiger partial charge >= 0.3 is 0 Å². The molecule has 0 aliphatic carbocycles. The smallest absolute Gasteiger partial charge is 0.265 e. The number of carbonyl (C=O) groups excluding carboxylic acids is 1. The Morgan fingerprint density at radius 2 is 1.71 bits per heavy atom. The normalized spacial score (nSPS) is 10.7. The van der Waals surface area contributed by atoms with Gasteiger partial charge in [0.25, 0.3) is 5.91 Å². The lowest BCUT2D eigenvalue weighted by molar-refractivity contribution is 0.103. The van der Waals surface area contributed by atoms with Crippen molar-refractivity contribution in [3.05, 3.63) is 84.0 Å². The predicted molar refractivity (Wildman–Crippen MR) is 99.5 cm³/mol. The van der Waals surface area contributed by atoms with E-state index in [1.807, 2.05) is 66.7 Å². The third-order valence-corrected chi connectivity index (χ3v) is 4.90. The van der Waals surface area contributed by atoms with Crippen LogP contribution in [0.4, 0.5) is 5.69 Å². The van der Waals surface area contributed by atoms with Crippen molar-refractivity contribution in [2.75, 3.05) is 5.32 Å².